The zero-order valence-corrected chi connectivity index (χ0v) is 17.6. The highest BCUT2D eigenvalue weighted by Gasteiger charge is 2.27. The molecule has 7 nitrogen and oxygen atoms in total. The molecule has 0 aliphatic carbocycles. The number of benzene rings is 1. The number of pyridine rings is 1. The average Bonchev–Trinajstić information content (AvgIpc) is 3.09. The molecule has 3 heterocycles. The fourth-order valence-electron chi connectivity index (χ4n) is 3.22. The summed E-state index contributed by atoms with van der Waals surface area (Å²) in [6.45, 7) is 4.49. The molecule has 28 heavy (non-hydrogen) atoms. The van der Waals surface area contributed by atoms with E-state index in [9.17, 15) is 4.79 Å². The van der Waals surface area contributed by atoms with Gasteiger partial charge in [0.25, 0.3) is 5.91 Å². The predicted octanol–water partition coefficient (Wildman–Crippen LogP) is 3.35. The lowest BCUT2D eigenvalue weighted by Crippen LogP contribution is -2.49. The van der Waals surface area contributed by atoms with E-state index in [1.165, 1.54) is 0 Å². The van der Waals surface area contributed by atoms with Gasteiger partial charge in [0.1, 0.15) is 5.82 Å². The summed E-state index contributed by atoms with van der Waals surface area (Å²) in [7, 11) is 0. The number of rotatable bonds is 3. The molecule has 1 saturated heterocycles. The van der Waals surface area contributed by atoms with Gasteiger partial charge >= 0.3 is 0 Å². The molecular formula is C19H18BrClN6O. The highest BCUT2D eigenvalue weighted by atomic mass is 79.9. The lowest BCUT2D eigenvalue weighted by atomic mass is 10.2. The van der Waals surface area contributed by atoms with Crippen molar-refractivity contribution in [3.05, 3.63) is 63.5 Å². The molecule has 0 atom stereocenters. The van der Waals surface area contributed by atoms with Crippen LogP contribution in [-0.4, -0.2) is 57.0 Å². The highest BCUT2D eigenvalue weighted by molar-refractivity contribution is 9.10. The van der Waals surface area contributed by atoms with Gasteiger partial charge in [-0.25, -0.2) is 9.67 Å². The van der Waals surface area contributed by atoms with Gasteiger partial charge in [-0.2, -0.15) is 0 Å². The van der Waals surface area contributed by atoms with Crippen molar-refractivity contribution >= 4 is 39.3 Å². The number of amides is 1. The van der Waals surface area contributed by atoms with Crippen molar-refractivity contribution < 1.29 is 4.79 Å². The van der Waals surface area contributed by atoms with Crippen LogP contribution < -0.4 is 4.90 Å². The zero-order valence-electron chi connectivity index (χ0n) is 15.2. The van der Waals surface area contributed by atoms with Crippen molar-refractivity contribution in [2.45, 2.75) is 6.92 Å². The van der Waals surface area contributed by atoms with Crippen LogP contribution in [0.4, 0.5) is 5.82 Å². The normalized spacial score (nSPS) is 14.4. The van der Waals surface area contributed by atoms with Crippen LogP contribution in [0.5, 0.6) is 0 Å². The fraction of sp³-hybridized carbons (Fsp3) is 0.263. The molecule has 3 aromatic rings. The molecule has 1 aromatic carbocycles. The quantitative estimate of drug-likeness (QED) is 0.598. The van der Waals surface area contributed by atoms with Crippen LogP contribution in [0.2, 0.25) is 5.02 Å². The molecule has 1 fully saturated rings. The number of hydrogen-bond acceptors (Lipinski definition) is 5. The average molecular weight is 462 g/mol. The van der Waals surface area contributed by atoms with Crippen molar-refractivity contribution in [1.29, 1.82) is 0 Å². The SMILES string of the molecule is Cc1c(C(=O)N2CCN(c3ccc(Cl)cn3)CC2)nnn1-c1cccc(Br)c1. The number of hydrogen-bond donors (Lipinski definition) is 0. The molecule has 0 radical (unpaired) electrons. The zero-order chi connectivity index (χ0) is 19.7. The van der Waals surface area contributed by atoms with E-state index in [4.69, 9.17) is 11.6 Å². The summed E-state index contributed by atoms with van der Waals surface area (Å²) in [6, 6.07) is 11.5. The van der Waals surface area contributed by atoms with Crippen LogP contribution in [0.15, 0.2) is 47.1 Å². The minimum Gasteiger partial charge on any atom is -0.353 e. The van der Waals surface area contributed by atoms with Crippen molar-refractivity contribution in [2.24, 2.45) is 0 Å². The Labute approximate surface area is 176 Å². The maximum atomic E-state index is 13.0. The lowest BCUT2D eigenvalue weighted by Gasteiger charge is -2.35. The first kappa shape index (κ1) is 18.9. The second-order valence-electron chi connectivity index (χ2n) is 6.53. The predicted molar refractivity (Wildman–Crippen MR) is 111 cm³/mol. The molecule has 1 aliphatic heterocycles. The van der Waals surface area contributed by atoms with Gasteiger partial charge in [0.15, 0.2) is 5.69 Å². The van der Waals surface area contributed by atoms with Gasteiger partial charge in [-0.3, -0.25) is 4.79 Å². The van der Waals surface area contributed by atoms with Crippen molar-refractivity contribution in [2.75, 3.05) is 31.1 Å². The summed E-state index contributed by atoms with van der Waals surface area (Å²) in [6.07, 6.45) is 1.64. The van der Waals surface area contributed by atoms with Crippen LogP contribution in [0.3, 0.4) is 0 Å². The number of carbonyl (C=O) groups is 1. The fourth-order valence-corrected chi connectivity index (χ4v) is 3.72. The van der Waals surface area contributed by atoms with Crippen molar-refractivity contribution in [3.8, 4) is 5.69 Å². The van der Waals surface area contributed by atoms with E-state index in [1.54, 1.807) is 10.9 Å². The number of aromatic nitrogens is 4. The molecule has 0 N–H and O–H groups in total. The Hall–Kier alpha value is -2.45. The number of nitrogens with zero attached hydrogens (tertiary/aromatic N) is 6. The van der Waals surface area contributed by atoms with E-state index < -0.39 is 0 Å². The van der Waals surface area contributed by atoms with Gasteiger partial charge in [-0.1, -0.05) is 38.8 Å². The van der Waals surface area contributed by atoms with Crippen LogP contribution in [-0.2, 0) is 0 Å². The minimum absolute atomic E-state index is 0.0949. The highest BCUT2D eigenvalue weighted by Crippen LogP contribution is 2.20. The smallest absolute Gasteiger partial charge is 0.276 e. The van der Waals surface area contributed by atoms with Crippen LogP contribution in [0, 0.1) is 6.92 Å². The van der Waals surface area contributed by atoms with E-state index in [1.807, 2.05) is 48.2 Å². The van der Waals surface area contributed by atoms with Gasteiger partial charge in [0, 0.05) is 36.8 Å². The molecule has 4 rings (SSSR count). The molecule has 144 valence electrons. The minimum atomic E-state index is -0.0949. The maximum Gasteiger partial charge on any atom is 0.276 e. The monoisotopic (exact) mass is 460 g/mol. The standard InChI is InChI=1S/C19H18BrClN6O/c1-13-18(23-24-27(13)16-4-2-3-14(20)11-16)19(28)26-9-7-25(8-10-26)17-6-5-15(21)12-22-17/h2-6,11-12H,7-10H2,1H3. The Morgan fingerprint density at radius 1 is 1.14 bits per heavy atom. The molecule has 1 aliphatic rings. The summed E-state index contributed by atoms with van der Waals surface area (Å²) in [4.78, 5) is 21.3. The lowest BCUT2D eigenvalue weighted by molar-refractivity contribution is 0.0739. The second kappa shape index (κ2) is 7.89. The number of carbonyl (C=O) groups excluding carboxylic acids is 1. The molecule has 9 heteroatoms. The van der Waals surface area contributed by atoms with Crippen LogP contribution in [0.25, 0.3) is 5.69 Å². The van der Waals surface area contributed by atoms with Gasteiger partial charge < -0.3 is 9.80 Å². The summed E-state index contributed by atoms with van der Waals surface area (Å²) in [5.74, 6) is 0.774. The molecule has 0 spiro atoms. The first-order chi connectivity index (χ1) is 13.5. The van der Waals surface area contributed by atoms with Gasteiger partial charge in [0.05, 0.1) is 16.4 Å². The Morgan fingerprint density at radius 3 is 2.61 bits per heavy atom. The van der Waals surface area contributed by atoms with Gasteiger partial charge in [0.2, 0.25) is 0 Å². The Balaban J connectivity index is 1.46. The van der Waals surface area contributed by atoms with Gasteiger partial charge in [-0.05, 0) is 37.3 Å². The topological polar surface area (TPSA) is 67.2 Å². The molecule has 0 saturated carbocycles. The molecule has 2 aromatic heterocycles. The Morgan fingerprint density at radius 2 is 1.93 bits per heavy atom. The number of anilines is 1. The summed E-state index contributed by atoms with van der Waals surface area (Å²) < 4.78 is 2.63. The largest absolute Gasteiger partial charge is 0.353 e. The maximum absolute atomic E-state index is 13.0. The molecule has 1 amide bonds. The number of halogens is 2. The molecule has 0 unspecified atom stereocenters. The van der Waals surface area contributed by atoms with Crippen LogP contribution in [0.1, 0.15) is 16.2 Å². The first-order valence-electron chi connectivity index (χ1n) is 8.87. The first-order valence-corrected chi connectivity index (χ1v) is 10.0. The van der Waals surface area contributed by atoms with E-state index in [0.717, 1.165) is 21.7 Å². The molecule has 0 bridgehead atoms. The van der Waals surface area contributed by atoms with E-state index >= 15 is 0 Å². The van der Waals surface area contributed by atoms with Gasteiger partial charge in [-0.15, -0.1) is 5.10 Å². The van der Waals surface area contributed by atoms with Crippen molar-refractivity contribution in [3.63, 3.8) is 0 Å². The Kier molecular flexibility index (Phi) is 5.32. The summed E-state index contributed by atoms with van der Waals surface area (Å²) >= 11 is 9.36. The molecular weight excluding hydrogens is 444 g/mol. The number of piperazine rings is 1. The third-order valence-corrected chi connectivity index (χ3v) is 5.47. The van der Waals surface area contributed by atoms with Crippen LogP contribution >= 0.6 is 27.5 Å². The Bertz CT molecular complexity index is 998. The third-order valence-electron chi connectivity index (χ3n) is 4.75. The van der Waals surface area contributed by atoms with Crippen molar-refractivity contribution in [1.82, 2.24) is 24.9 Å². The van der Waals surface area contributed by atoms with E-state index in [2.05, 4.69) is 36.1 Å². The van der Waals surface area contributed by atoms with E-state index in [0.29, 0.717) is 36.9 Å². The summed E-state index contributed by atoms with van der Waals surface area (Å²) in [5, 5.41) is 8.94. The third kappa shape index (κ3) is 3.74. The van der Waals surface area contributed by atoms with E-state index in [-0.39, 0.29) is 5.91 Å². The second-order valence-corrected chi connectivity index (χ2v) is 7.88. The summed E-state index contributed by atoms with van der Waals surface area (Å²) in [5.41, 5.74) is 1.97.